The number of carboxylic acid groups (broad SMARTS) is 1. The van der Waals surface area contributed by atoms with Crippen LogP contribution in [0.3, 0.4) is 0 Å². The second-order valence-corrected chi connectivity index (χ2v) is 4.54. The molecule has 1 aromatic rings. The number of carboxylic acids is 1. The van der Waals surface area contributed by atoms with Gasteiger partial charge in [0.25, 0.3) is 0 Å². The van der Waals surface area contributed by atoms with Crippen molar-refractivity contribution in [3.63, 3.8) is 0 Å². The van der Waals surface area contributed by atoms with Crippen molar-refractivity contribution in [3.8, 4) is 0 Å². The van der Waals surface area contributed by atoms with Crippen LogP contribution in [0.2, 0.25) is 0 Å². The van der Waals surface area contributed by atoms with Crippen molar-refractivity contribution in [1.82, 2.24) is 5.32 Å². The van der Waals surface area contributed by atoms with Crippen molar-refractivity contribution < 1.29 is 15.0 Å². The molecule has 3 N–H and O–H groups in total. The lowest BCUT2D eigenvalue weighted by atomic mass is 9.89. The molecular weight excluding hydrogens is 218 g/mol. The zero-order valence-electron chi connectivity index (χ0n) is 9.60. The van der Waals surface area contributed by atoms with Crippen molar-refractivity contribution in [1.29, 1.82) is 0 Å². The first kappa shape index (κ1) is 12.1. The predicted molar refractivity (Wildman–Crippen MR) is 63.7 cm³/mol. The van der Waals surface area contributed by atoms with Crippen molar-refractivity contribution >= 4 is 5.97 Å². The molecule has 92 valence electrons. The normalized spacial score (nSPS) is 23.1. The van der Waals surface area contributed by atoms with Gasteiger partial charge in [-0.1, -0.05) is 24.3 Å². The maximum Gasteiger partial charge on any atom is 0.307 e. The van der Waals surface area contributed by atoms with Gasteiger partial charge in [-0.25, -0.2) is 0 Å². The van der Waals surface area contributed by atoms with E-state index in [0.29, 0.717) is 12.6 Å². The molecule has 1 aromatic carbocycles. The number of hydrogen-bond acceptors (Lipinski definition) is 3. The van der Waals surface area contributed by atoms with E-state index in [9.17, 15) is 9.90 Å². The van der Waals surface area contributed by atoms with Gasteiger partial charge in [0.2, 0.25) is 0 Å². The molecule has 1 aliphatic carbocycles. The lowest BCUT2D eigenvalue weighted by Crippen LogP contribution is -2.43. The topological polar surface area (TPSA) is 69.6 Å². The minimum Gasteiger partial charge on any atom is -0.481 e. The number of nitrogens with one attached hydrogen (secondary N) is 1. The van der Waals surface area contributed by atoms with E-state index in [1.807, 2.05) is 24.3 Å². The summed E-state index contributed by atoms with van der Waals surface area (Å²) in [4.78, 5) is 10.7. The summed E-state index contributed by atoms with van der Waals surface area (Å²) in [6.07, 6.45) is 1.48. The molecule has 1 fully saturated rings. The van der Waals surface area contributed by atoms with Crippen molar-refractivity contribution in [2.24, 2.45) is 0 Å². The number of carbonyl (C=O) groups is 1. The van der Waals surface area contributed by atoms with E-state index in [0.717, 1.165) is 24.0 Å². The molecule has 17 heavy (non-hydrogen) atoms. The molecule has 4 nitrogen and oxygen atoms in total. The zero-order chi connectivity index (χ0) is 12.3. The zero-order valence-corrected chi connectivity index (χ0v) is 9.60. The highest BCUT2D eigenvalue weighted by molar-refractivity contribution is 5.70. The summed E-state index contributed by atoms with van der Waals surface area (Å²) in [5.41, 5.74) is 1.88. The Morgan fingerprint density at radius 3 is 2.53 bits per heavy atom. The smallest absolute Gasteiger partial charge is 0.307 e. The van der Waals surface area contributed by atoms with Crippen LogP contribution in [-0.4, -0.2) is 28.3 Å². The monoisotopic (exact) mass is 235 g/mol. The summed E-state index contributed by atoms with van der Waals surface area (Å²) in [5.74, 6) is -0.809. The minimum absolute atomic E-state index is 0.0607. The van der Waals surface area contributed by atoms with E-state index in [2.05, 4.69) is 5.32 Å². The molecule has 0 bridgehead atoms. The molecule has 1 aliphatic rings. The Bertz CT molecular complexity index is 399. The number of aliphatic carboxylic acids is 1. The summed E-state index contributed by atoms with van der Waals surface area (Å²) in [5, 5.41) is 21.3. The molecule has 0 atom stereocenters. The third kappa shape index (κ3) is 3.28. The SMILES string of the molecule is O=C(O)Cc1ccccc1CNC1CC(O)C1. The Hall–Kier alpha value is -1.39. The molecule has 0 heterocycles. The van der Waals surface area contributed by atoms with Gasteiger partial charge in [0, 0.05) is 12.6 Å². The molecule has 4 heteroatoms. The molecule has 0 radical (unpaired) electrons. The van der Waals surface area contributed by atoms with Crippen LogP contribution in [-0.2, 0) is 17.8 Å². The molecule has 0 spiro atoms. The maximum absolute atomic E-state index is 10.7. The van der Waals surface area contributed by atoms with Gasteiger partial charge < -0.3 is 15.5 Å². The lowest BCUT2D eigenvalue weighted by molar-refractivity contribution is -0.136. The first-order valence-electron chi connectivity index (χ1n) is 5.85. The van der Waals surface area contributed by atoms with Gasteiger partial charge in [-0.15, -0.1) is 0 Å². The minimum atomic E-state index is -0.809. The summed E-state index contributed by atoms with van der Waals surface area (Å²) >= 11 is 0. The Morgan fingerprint density at radius 1 is 1.29 bits per heavy atom. The standard InChI is InChI=1S/C13H17NO3/c15-12-6-11(7-12)14-8-10-4-2-1-3-9(10)5-13(16)17/h1-4,11-12,14-15H,5-8H2,(H,16,17). The van der Waals surface area contributed by atoms with Crippen LogP contribution in [0, 0.1) is 0 Å². The number of aliphatic hydroxyl groups excluding tert-OH is 1. The lowest BCUT2D eigenvalue weighted by Gasteiger charge is -2.32. The number of hydrogen-bond donors (Lipinski definition) is 3. The average molecular weight is 235 g/mol. The number of rotatable bonds is 5. The van der Waals surface area contributed by atoms with Gasteiger partial charge >= 0.3 is 5.97 Å². The molecule has 0 amide bonds. The summed E-state index contributed by atoms with van der Waals surface area (Å²) in [7, 11) is 0. The number of aliphatic hydroxyl groups is 1. The van der Waals surface area contributed by atoms with E-state index in [4.69, 9.17) is 5.11 Å². The first-order valence-corrected chi connectivity index (χ1v) is 5.85. The highest BCUT2D eigenvalue weighted by Crippen LogP contribution is 2.20. The van der Waals surface area contributed by atoms with Crippen LogP contribution in [0.1, 0.15) is 24.0 Å². The largest absolute Gasteiger partial charge is 0.481 e. The summed E-state index contributed by atoms with van der Waals surface area (Å²) in [6.45, 7) is 0.668. The van der Waals surface area contributed by atoms with Gasteiger partial charge in [-0.2, -0.15) is 0 Å². The highest BCUT2D eigenvalue weighted by atomic mass is 16.4. The third-order valence-corrected chi connectivity index (χ3v) is 3.15. The van der Waals surface area contributed by atoms with E-state index in [1.165, 1.54) is 0 Å². The van der Waals surface area contributed by atoms with Gasteiger partial charge in [0.1, 0.15) is 0 Å². The molecule has 0 saturated heterocycles. The van der Waals surface area contributed by atoms with E-state index >= 15 is 0 Å². The average Bonchev–Trinajstić information content (AvgIpc) is 2.24. The molecular formula is C13H17NO3. The Kier molecular flexibility index (Phi) is 3.76. The van der Waals surface area contributed by atoms with E-state index in [1.54, 1.807) is 0 Å². The van der Waals surface area contributed by atoms with Crippen LogP contribution >= 0.6 is 0 Å². The quantitative estimate of drug-likeness (QED) is 0.710. The molecule has 0 aromatic heterocycles. The Balaban J connectivity index is 1.92. The van der Waals surface area contributed by atoms with Gasteiger partial charge in [-0.3, -0.25) is 4.79 Å². The van der Waals surface area contributed by atoms with Crippen molar-refractivity contribution in [3.05, 3.63) is 35.4 Å². The Morgan fingerprint density at radius 2 is 1.94 bits per heavy atom. The fraction of sp³-hybridized carbons (Fsp3) is 0.462. The van der Waals surface area contributed by atoms with Crippen LogP contribution in [0.15, 0.2) is 24.3 Å². The molecule has 2 rings (SSSR count). The van der Waals surface area contributed by atoms with Crippen molar-refractivity contribution in [2.75, 3.05) is 0 Å². The third-order valence-electron chi connectivity index (χ3n) is 3.15. The number of benzene rings is 1. The highest BCUT2D eigenvalue weighted by Gasteiger charge is 2.26. The Labute approximate surface area is 100 Å². The van der Waals surface area contributed by atoms with Gasteiger partial charge in [-0.05, 0) is 24.0 Å². The van der Waals surface area contributed by atoms with Crippen LogP contribution in [0.5, 0.6) is 0 Å². The fourth-order valence-electron chi connectivity index (χ4n) is 2.07. The van der Waals surface area contributed by atoms with Crippen molar-refractivity contribution in [2.45, 2.75) is 38.0 Å². The summed E-state index contributed by atoms with van der Waals surface area (Å²) in [6, 6.07) is 7.93. The van der Waals surface area contributed by atoms with E-state index < -0.39 is 5.97 Å². The predicted octanol–water partition coefficient (Wildman–Crippen LogP) is 0.927. The van der Waals surface area contributed by atoms with E-state index in [-0.39, 0.29) is 12.5 Å². The second-order valence-electron chi connectivity index (χ2n) is 4.54. The van der Waals surface area contributed by atoms with Crippen LogP contribution in [0.25, 0.3) is 0 Å². The molecule has 0 unspecified atom stereocenters. The second kappa shape index (κ2) is 5.29. The molecule has 1 saturated carbocycles. The maximum atomic E-state index is 10.7. The van der Waals surface area contributed by atoms with Crippen LogP contribution < -0.4 is 5.32 Å². The first-order chi connectivity index (χ1) is 8.15. The molecule has 0 aliphatic heterocycles. The fourth-order valence-corrected chi connectivity index (χ4v) is 2.07. The van der Waals surface area contributed by atoms with Gasteiger partial charge in [0.15, 0.2) is 0 Å². The summed E-state index contributed by atoms with van der Waals surface area (Å²) < 4.78 is 0. The van der Waals surface area contributed by atoms with Crippen LogP contribution in [0.4, 0.5) is 0 Å². The van der Waals surface area contributed by atoms with Gasteiger partial charge in [0.05, 0.1) is 12.5 Å².